The van der Waals surface area contributed by atoms with Gasteiger partial charge < -0.3 is 15.0 Å². The van der Waals surface area contributed by atoms with E-state index in [1.54, 1.807) is 23.1 Å². The lowest BCUT2D eigenvalue weighted by atomic mass is 10.1. The zero-order chi connectivity index (χ0) is 16.8. The van der Waals surface area contributed by atoms with Gasteiger partial charge in [0.1, 0.15) is 6.54 Å². The molecule has 0 bridgehead atoms. The van der Waals surface area contributed by atoms with Gasteiger partial charge in [0, 0.05) is 31.2 Å². The Balaban J connectivity index is 1.51. The van der Waals surface area contributed by atoms with Gasteiger partial charge >= 0.3 is 0 Å². The molecule has 2 aromatic rings. The average molecular weight is 328 g/mol. The van der Waals surface area contributed by atoms with E-state index in [4.69, 9.17) is 4.74 Å². The Labute approximate surface area is 140 Å². The minimum absolute atomic E-state index is 0.105. The Bertz CT molecular complexity index is 676. The van der Waals surface area contributed by atoms with Crippen LogP contribution in [-0.4, -0.2) is 52.8 Å². The van der Waals surface area contributed by atoms with Gasteiger partial charge in [-0.15, -0.1) is 0 Å². The number of hydrogen-bond donors (Lipinski definition) is 1. The molecule has 2 amide bonds. The van der Waals surface area contributed by atoms with Crippen molar-refractivity contribution in [1.82, 2.24) is 14.7 Å². The number of amides is 2. The summed E-state index contributed by atoms with van der Waals surface area (Å²) in [5.74, 6) is -0.0374. The van der Waals surface area contributed by atoms with Gasteiger partial charge in [-0.2, -0.15) is 5.10 Å². The summed E-state index contributed by atoms with van der Waals surface area (Å²) in [6, 6.07) is 9.11. The molecule has 0 saturated carbocycles. The van der Waals surface area contributed by atoms with Gasteiger partial charge in [0.25, 0.3) is 0 Å². The predicted octanol–water partition coefficient (Wildman–Crippen LogP) is 0.923. The average Bonchev–Trinajstić information content (AvgIpc) is 3.10. The molecular formula is C17H20N4O3. The first-order valence-electron chi connectivity index (χ1n) is 7.92. The van der Waals surface area contributed by atoms with Gasteiger partial charge in [-0.1, -0.05) is 12.1 Å². The van der Waals surface area contributed by atoms with Crippen LogP contribution in [0.2, 0.25) is 0 Å². The van der Waals surface area contributed by atoms with Crippen molar-refractivity contribution in [1.29, 1.82) is 0 Å². The molecule has 1 aromatic heterocycles. The Morgan fingerprint density at radius 2 is 1.92 bits per heavy atom. The molecule has 7 nitrogen and oxygen atoms in total. The van der Waals surface area contributed by atoms with Gasteiger partial charge in [-0.25, -0.2) is 0 Å². The topological polar surface area (TPSA) is 76.5 Å². The van der Waals surface area contributed by atoms with Crippen molar-refractivity contribution < 1.29 is 14.3 Å². The van der Waals surface area contributed by atoms with Crippen LogP contribution in [0.25, 0.3) is 0 Å². The third-order valence-corrected chi connectivity index (χ3v) is 3.82. The standard InChI is InChI=1S/C17H20N4O3/c22-16(13-21-7-1-6-18-21)19-15-4-2-14(3-5-15)12-17(23)20-8-10-24-11-9-20/h1-7H,8-13H2,(H,19,22). The second kappa shape index (κ2) is 7.74. The normalized spacial score (nSPS) is 14.4. The summed E-state index contributed by atoms with van der Waals surface area (Å²) >= 11 is 0. The minimum atomic E-state index is -0.143. The molecule has 1 aromatic carbocycles. The maximum Gasteiger partial charge on any atom is 0.246 e. The molecule has 0 spiro atoms. The summed E-state index contributed by atoms with van der Waals surface area (Å²) in [6.07, 6.45) is 3.73. The quantitative estimate of drug-likeness (QED) is 0.886. The second-order valence-electron chi connectivity index (χ2n) is 5.62. The molecule has 24 heavy (non-hydrogen) atoms. The van der Waals surface area contributed by atoms with Crippen LogP contribution < -0.4 is 5.32 Å². The van der Waals surface area contributed by atoms with E-state index in [2.05, 4.69) is 10.4 Å². The van der Waals surface area contributed by atoms with Crippen LogP contribution in [0.4, 0.5) is 5.69 Å². The van der Waals surface area contributed by atoms with E-state index in [9.17, 15) is 9.59 Å². The van der Waals surface area contributed by atoms with E-state index in [1.807, 2.05) is 29.2 Å². The lowest BCUT2D eigenvalue weighted by Crippen LogP contribution is -2.41. The predicted molar refractivity (Wildman–Crippen MR) is 88.4 cm³/mol. The lowest BCUT2D eigenvalue weighted by molar-refractivity contribution is -0.134. The Kier molecular flexibility index (Phi) is 5.22. The maximum absolute atomic E-state index is 12.2. The highest BCUT2D eigenvalue weighted by molar-refractivity contribution is 5.90. The van der Waals surface area contributed by atoms with E-state index >= 15 is 0 Å². The zero-order valence-electron chi connectivity index (χ0n) is 13.4. The molecule has 1 aliphatic rings. The SMILES string of the molecule is O=C(Cn1cccn1)Nc1ccc(CC(=O)N2CCOCC2)cc1. The Morgan fingerprint density at radius 1 is 1.17 bits per heavy atom. The number of morpholine rings is 1. The molecule has 1 saturated heterocycles. The van der Waals surface area contributed by atoms with Gasteiger partial charge in [0.05, 0.1) is 19.6 Å². The van der Waals surface area contributed by atoms with Crippen molar-refractivity contribution in [3.8, 4) is 0 Å². The first kappa shape index (κ1) is 16.2. The molecule has 0 atom stereocenters. The molecule has 1 aliphatic heterocycles. The van der Waals surface area contributed by atoms with Crippen molar-refractivity contribution in [2.45, 2.75) is 13.0 Å². The van der Waals surface area contributed by atoms with Gasteiger partial charge in [-0.05, 0) is 23.8 Å². The van der Waals surface area contributed by atoms with Gasteiger partial charge in [0.2, 0.25) is 11.8 Å². The van der Waals surface area contributed by atoms with E-state index in [0.29, 0.717) is 38.4 Å². The lowest BCUT2D eigenvalue weighted by Gasteiger charge is -2.26. The number of rotatable bonds is 5. The first-order valence-corrected chi connectivity index (χ1v) is 7.92. The summed E-state index contributed by atoms with van der Waals surface area (Å²) < 4.78 is 6.81. The molecule has 3 rings (SSSR count). The van der Waals surface area contributed by atoms with E-state index in [1.165, 1.54) is 0 Å². The first-order chi connectivity index (χ1) is 11.7. The molecule has 2 heterocycles. The molecule has 1 fully saturated rings. The summed E-state index contributed by atoms with van der Waals surface area (Å²) in [4.78, 5) is 25.9. The van der Waals surface area contributed by atoms with Crippen LogP contribution >= 0.6 is 0 Å². The number of nitrogens with one attached hydrogen (secondary N) is 1. The summed E-state index contributed by atoms with van der Waals surface area (Å²) in [5, 5.41) is 6.81. The van der Waals surface area contributed by atoms with Crippen molar-refractivity contribution in [3.05, 3.63) is 48.3 Å². The van der Waals surface area contributed by atoms with Crippen LogP contribution in [-0.2, 0) is 27.3 Å². The largest absolute Gasteiger partial charge is 0.378 e. The van der Waals surface area contributed by atoms with E-state index < -0.39 is 0 Å². The number of hydrogen-bond acceptors (Lipinski definition) is 4. The van der Waals surface area contributed by atoms with Gasteiger partial charge in [-0.3, -0.25) is 14.3 Å². The molecular weight excluding hydrogens is 308 g/mol. The minimum Gasteiger partial charge on any atom is -0.378 e. The maximum atomic E-state index is 12.2. The van der Waals surface area contributed by atoms with E-state index in [-0.39, 0.29) is 18.4 Å². The number of aromatic nitrogens is 2. The molecule has 0 radical (unpaired) electrons. The number of nitrogens with zero attached hydrogens (tertiary/aromatic N) is 3. The molecule has 126 valence electrons. The third kappa shape index (κ3) is 4.42. The Morgan fingerprint density at radius 3 is 2.58 bits per heavy atom. The van der Waals surface area contributed by atoms with Crippen LogP contribution in [0.15, 0.2) is 42.7 Å². The fraction of sp³-hybridized carbons (Fsp3) is 0.353. The zero-order valence-corrected chi connectivity index (χ0v) is 13.4. The summed E-state index contributed by atoms with van der Waals surface area (Å²) in [7, 11) is 0. The highest BCUT2D eigenvalue weighted by Crippen LogP contribution is 2.12. The van der Waals surface area contributed by atoms with Crippen molar-refractivity contribution in [2.75, 3.05) is 31.6 Å². The van der Waals surface area contributed by atoms with Crippen molar-refractivity contribution >= 4 is 17.5 Å². The fourth-order valence-electron chi connectivity index (χ4n) is 2.55. The molecule has 1 N–H and O–H groups in total. The number of anilines is 1. The highest BCUT2D eigenvalue weighted by atomic mass is 16.5. The highest BCUT2D eigenvalue weighted by Gasteiger charge is 2.16. The van der Waals surface area contributed by atoms with E-state index in [0.717, 1.165) is 5.56 Å². The third-order valence-electron chi connectivity index (χ3n) is 3.82. The van der Waals surface area contributed by atoms with Crippen LogP contribution in [0.1, 0.15) is 5.56 Å². The molecule has 0 unspecified atom stereocenters. The second-order valence-corrected chi connectivity index (χ2v) is 5.62. The number of carbonyl (C=O) groups excluding carboxylic acids is 2. The number of benzene rings is 1. The smallest absolute Gasteiger partial charge is 0.246 e. The number of ether oxygens (including phenoxy) is 1. The van der Waals surface area contributed by atoms with Crippen LogP contribution in [0.3, 0.4) is 0 Å². The summed E-state index contributed by atoms with van der Waals surface area (Å²) in [6.45, 7) is 2.69. The number of carbonyl (C=O) groups is 2. The summed E-state index contributed by atoms with van der Waals surface area (Å²) in [5.41, 5.74) is 1.63. The van der Waals surface area contributed by atoms with Crippen LogP contribution in [0.5, 0.6) is 0 Å². The molecule has 0 aliphatic carbocycles. The van der Waals surface area contributed by atoms with Crippen LogP contribution in [0, 0.1) is 0 Å². The van der Waals surface area contributed by atoms with Gasteiger partial charge in [0.15, 0.2) is 0 Å². The fourth-order valence-corrected chi connectivity index (χ4v) is 2.55. The monoisotopic (exact) mass is 328 g/mol. The van der Waals surface area contributed by atoms with Crippen molar-refractivity contribution in [2.24, 2.45) is 0 Å². The van der Waals surface area contributed by atoms with Crippen molar-refractivity contribution in [3.63, 3.8) is 0 Å². The Hall–Kier alpha value is -2.67. The molecule has 7 heteroatoms.